The van der Waals surface area contributed by atoms with Crippen LogP contribution in [0.2, 0.25) is 0 Å². The maximum absolute atomic E-state index is 11.8. The molecule has 1 amide bonds. The normalized spacial score (nSPS) is 11.1. The number of primary amides is 1. The van der Waals surface area contributed by atoms with Crippen LogP contribution in [0, 0.1) is 17.0 Å². The molecule has 0 saturated heterocycles. The molecule has 142 valence electrons. The second kappa shape index (κ2) is 8.42. The van der Waals surface area contributed by atoms with Crippen molar-refractivity contribution in [2.75, 3.05) is 6.61 Å². The van der Waals surface area contributed by atoms with E-state index < -0.39 is 16.8 Å². The van der Waals surface area contributed by atoms with Gasteiger partial charge in [0.05, 0.1) is 4.92 Å². The maximum atomic E-state index is 11.8. The van der Waals surface area contributed by atoms with E-state index in [2.05, 4.69) is 10.3 Å². The molecule has 0 fully saturated rings. The second-order valence-corrected chi connectivity index (χ2v) is 5.25. The summed E-state index contributed by atoms with van der Waals surface area (Å²) in [6.45, 7) is 0.833. The third-order valence-electron chi connectivity index (χ3n) is 3.33. The molecule has 0 unspecified atom stereocenters. The highest BCUT2D eigenvalue weighted by Gasteiger charge is 2.18. The van der Waals surface area contributed by atoms with Crippen LogP contribution in [0.1, 0.15) is 11.3 Å². The lowest BCUT2D eigenvalue weighted by atomic mass is 10.2. The van der Waals surface area contributed by atoms with E-state index in [0.29, 0.717) is 11.3 Å². The van der Waals surface area contributed by atoms with Gasteiger partial charge in [-0.05, 0) is 31.2 Å². The van der Waals surface area contributed by atoms with Crippen LogP contribution < -0.4 is 16.2 Å². The summed E-state index contributed by atoms with van der Waals surface area (Å²) in [5.41, 5.74) is 11.2. The number of carbonyl (C=O) groups excluding carboxylic acids is 2. The number of amides is 1. The average Bonchev–Trinajstić information content (AvgIpc) is 2.99. The Morgan fingerprint density at radius 3 is 2.52 bits per heavy atom. The molecule has 12 heteroatoms. The predicted octanol–water partition coefficient (Wildman–Crippen LogP) is -0.172. The van der Waals surface area contributed by atoms with Crippen LogP contribution >= 0.6 is 0 Å². The topological polar surface area (TPSA) is 178 Å². The Kier molecular flexibility index (Phi) is 6.04. The standard InChI is InChI=1S/C15H16N6O6/c1-9-12(21(24)25)6-18-20(9)7-14(23)27-19-15(17)10-2-4-11(5-3-10)26-8-13(16)22/h2-6H,7-8H2,1H3,(H2,16,22)(H2,17,19). The van der Waals surface area contributed by atoms with Crippen LogP contribution in [0.4, 0.5) is 5.69 Å². The number of nitrogens with two attached hydrogens (primary N) is 2. The highest BCUT2D eigenvalue weighted by molar-refractivity contribution is 5.97. The first kappa shape index (κ1) is 19.4. The lowest BCUT2D eigenvalue weighted by Gasteiger charge is -2.05. The monoisotopic (exact) mass is 376 g/mol. The second-order valence-electron chi connectivity index (χ2n) is 5.25. The Morgan fingerprint density at radius 2 is 1.96 bits per heavy atom. The Labute approximate surface area is 152 Å². The van der Waals surface area contributed by atoms with E-state index in [4.69, 9.17) is 21.0 Å². The number of oxime groups is 1. The predicted molar refractivity (Wildman–Crippen MR) is 91.6 cm³/mol. The SMILES string of the molecule is Cc1c([N+](=O)[O-])cnn1CC(=O)O/N=C(\N)c1ccc(OCC(N)=O)cc1. The molecule has 0 aliphatic heterocycles. The molecular weight excluding hydrogens is 360 g/mol. The largest absolute Gasteiger partial charge is 0.484 e. The van der Waals surface area contributed by atoms with E-state index in [-0.39, 0.29) is 30.4 Å². The van der Waals surface area contributed by atoms with Gasteiger partial charge in [0.25, 0.3) is 5.91 Å². The number of nitro groups is 1. The molecule has 0 aliphatic rings. The quantitative estimate of drug-likeness (QED) is 0.209. The van der Waals surface area contributed by atoms with Gasteiger partial charge in [0.2, 0.25) is 0 Å². The van der Waals surface area contributed by atoms with Crippen molar-refractivity contribution in [1.82, 2.24) is 9.78 Å². The number of amidine groups is 1. The van der Waals surface area contributed by atoms with Crippen molar-refractivity contribution in [3.63, 3.8) is 0 Å². The van der Waals surface area contributed by atoms with E-state index in [9.17, 15) is 19.7 Å². The van der Waals surface area contributed by atoms with Crippen LogP contribution in [0.25, 0.3) is 0 Å². The number of hydrogen-bond donors (Lipinski definition) is 2. The number of benzene rings is 1. The molecule has 1 aromatic carbocycles. The lowest BCUT2D eigenvalue weighted by molar-refractivity contribution is -0.385. The number of rotatable bonds is 8. The molecular formula is C15H16N6O6. The van der Waals surface area contributed by atoms with Crippen molar-refractivity contribution in [3.05, 3.63) is 51.8 Å². The molecule has 1 aromatic heterocycles. The minimum absolute atomic E-state index is 0.0760. The third kappa shape index (κ3) is 5.26. The fraction of sp³-hybridized carbons (Fsp3) is 0.200. The fourth-order valence-corrected chi connectivity index (χ4v) is 1.96. The summed E-state index contributed by atoms with van der Waals surface area (Å²) in [5, 5.41) is 18.0. The molecule has 0 atom stereocenters. The van der Waals surface area contributed by atoms with Crippen molar-refractivity contribution in [2.45, 2.75) is 13.5 Å². The van der Waals surface area contributed by atoms with Gasteiger partial charge >= 0.3 is 11.7 Å². The van der Waals surface area contributed by atoms with Crippen molar-refractivity contribution >= 4 is 23.4 Å². The van der Waals surface area contributed by atoms with E-state index in [1.165, 1.54) is 19.1 Å². The van der Waals surface area contributed by atoms with Crippen LogP contribution in [-0.2, 0) is 21.0 Å². The maximum Gasteiger partial charge on any atom is 0.356 e. The smallest absolute Gasteiger partial charge is 0.356 e. The number of carbonyl (C=O) groups is 2. The van der Waals surface area contributed by atoms with Gasteiger partial charge in [0.15, 0.2) is 12.4 Å². The summed E-state index contributed by atoms with van der Waals surface area (Å²) in [5.74, 6) is -1.09. The van der Waals surface area contributed by atoms with E-state index >= 15 is 0 Å². The summed E-state index contributed by atoms with van der Waals surface area (Å²) in [6, 6.07) is 6.16. The number of aromatic nitrogens is 2. The minimum Gasteiger partial charge on any atom is -0.484 e. The van der Waals surface area contributed by atoms with Crippen LogP contribution in [-0.4, -0.2) is 39.0 Å². The van der Waals surface area contributed by atoms with Gasteiger partial charge in [-0.1, -0.05) is 5.16 Å². The number of hydrogen-bond acceptors (Lipinski definition) is 8. The first-order chi connectivity index (χ1) is 12.8. The van der Waals surface area contributed by atoms with Crippen LogP contribution in [0.5, 0.6) is 5.75 Å². The van der Waals surface area contributed by atoms with E-state index in [1.807, 2.05) is 0 Å². The van der Waals surface area contributed by atoms with Gasteiger partial charge in [-0.15, -0.1) is 0 Å². The van der Waals surface area contributed by atoms with Crippen LogP contribution in [0.3, 0.4) is 0 Å². The van der Waals surface area contributed by atoms with E-state index in [1.54, 1.807) is 12.1 Å². The Bertz CT molecular complexity index is 889. The summed E-state index contributed by atoms with van der Waals surface area (Å²) in [6.07, 6.45) is 1.04. The zero-order valence-corrected chi connectivity index (χ0v) is 14.2. The number of ether oxygens (including phenoxy) is 1. The average molecular weight is 376 g/mol. The molecule has 12 nitrogen and oxygen atoms in total. The van der Waals surface area contributed by atoms with Crippen molar-refractivity contribution in [2.24, 2.45) is 16.6 Å². The lowest BCUT2D eigenvalue weighted by Crippen LogP contribution is -2.20. The number of nitrogens with zero attached hydrogens (tertiary/aromatic N) is 4. The summed E-state index contributed by atoms with van der Waals surface area (Å²) in [4.78, 5) is 37.3. The first-order valence-electron chi connectivity index (χ1n) is 7.49. The van der Waals surface area contributed by atoms with Gasteiger partial charge in [-0.3, -0.25) is 19.6 Å². The van der Waals surface area contributed by atoms with Crippen molar-refractivity contribution < 1.29 is 24.1 Å². The van der Waals surface area contributed by atoms with Crippen molar-refractivity contribution in [3.8, 4) is 5.75 Å². The van der Waals surface area contributed by atoms with E-state index in [0.717, 1.165) is 10.9 Å². The van der Waals surface area contributed by atoms with Gasteiger partial charge in [0, 0.05) is 5.56 Å². The molecule has 27 heavy (non-hydrogen) atoms. The molecule has 0 saturated carbocycles. The highest BCUT2D eigenvalue weighted by Crippen LogP contribution is 2.16. The first-order valence-corrected chi connectivity index (χ1v) is 7.49. The molecule has 1 heterocycles. The molecule has 0 aliphatic carbocycles. The molecule has 2 rings (SSSR count). The Morgan fingerprint density at radius 1 is 1.30 bits per heavy atom. The molecule has 4 N–H and O–H groups in total. The van der Waals surface area contributed by atoms with Crippen molar-refractivity contribution in [1.29, 1.82) is 0 Å². The Hall–Kier alpha value is -3.96. The fourth-order valence-electron chi connectivity index (χ4n) is 1.96. The third-order valence-corrected chi connectivity index (χ3v) is 3.33. The van der Waals surface area contributed by atoms with Crippen LogP contribution in [0.15, 0.2) is 35.6 Å². The molecule has 2 aromatic rings. The summed E-state index contributed by atoms with van der Waals surface area (Å²) < 4.78 is 6.22. The van der Waals surface area contributed by atoms with Gasteiger partial charge in [0.1, 0.15) is 24.2 Å². The highest BCUT2D eigenvalue weighted by atomic mass is 16.7. The summed E-state index contributed by atoms with van der Waals surface area (Å²) >= 11 is 0. The molecule has 0 bridgehead atoms. The minimum atomic E-state index is -0.805. The van der Waals surface area contributed by atoms with Gasteiger partial charge < -0.3 is 21.0 Å². The zero-order valence-electron chi connectivity index (χ0n) is 14.2. The van der Waals surface area contributed by atoms with Gasteiger partial charge in [-0.25, -0.2) is 4.79 Å². The Balaban J connectivity index is 1.95. The zero-order chi connectivity index (χ0) is 20.0. The summed E-state index contributed by atoms with van der Waals surface area (Å²) in [7, 11) is 0. The molecule has 0 spiro atoms. The van der Waals surface area contributed by atoms with Gasteiger partial charge in [-0.2, -0.15) is 5.10 Å². The molecule has 0 radical (unpaired) electrons.